The second-order valence-corrected chi connectivity index (χ2v) is 8.96. The number of ether oxygens (including phenoxy) is 2. The second kappa shape index (κ2) is 9.31. The topological polar surface area (TPSA) is 93.1 Å². The molecule has 2 aliphatic carbocycles. The van der Waals surface area contributed by atoms with Crippen molar-refractivity contribution in [2.24, 2.45) is 16.7 Å². The zero-order chi connectivity index (χ0) is 22.6. The maximum atomic E-state index is 12.7. The molecule has 166 valence electrons. The predicted octanol–water partition coefficient (Wildman–Crippen LogP) is 3.26. The lowest BCUT2D eigenvalue weighted by atomic mass is 9.46. The molecule has 1 fully saturated rings. The summed E-state index contributed by atoms with van der Waals surface area (Å²) in [6, 6.07) is 0. The molecule has 0 saturated heterocycles. The Hall–Kier alpha value is -2.18. The highest BCUT2D eigenvalue weighted by atomic mass is 16.5. The van der Waals surface area contributed by atoms with Gasteiger partial charge in [-0.3, -0.25) is 0 Å². The maximum Gasteiger partial charge on any atom is 0.342 e. The summed E-state index contributed by atoms with van der Waals surface area (Å²) in [5.41, 5.74) is -3.14. The molecule has 0 aliphatic heterocycles. The van der Waals surface area contributed by atoms with Crippen molar-refractivity contribution in [3.63, 3.8) is 0 Å². The molecule has 4 atom stereocenters. The molecule has 0 aromatic rings. The summed E-state index contributed by atoms with van der Waals surface area (Å²) in [5, 5.41) is 21.6. The van der Waals surface area contributed by atoms with Crippen LogP contribution in [0.2, 0.25) is 0 Å². The van der Waals surface area contributed by atoms with E-state index < -0.39 is 35.7 Å². The van der Waals surface area contributed by atoms with Crippen LogP contribution in [0.15, 0.2) is 48.1 Å². The first-order valence-corrected chi connectivity index (χ1v) is 10.4. The molecule has 6 nitrogen and oxygen atoms in total. The van der Waals surface area contributed by atoms with Crippen LogP contribution in [0.1, 0.15) is 47.0 Å². The summed E-state index contributed by atoms with van der Waals surface area (Å²) in [4.78, 5) is 25.2. The number of allylic oxidation sites excluding steroid dienone is 5. The van der Waals surface area contributed by atoms with Gasteiger partial charge in [-0.25, -0.2) is 9.59 Å². The van der Waals surface area contributed by atoms with Crippen LogP contribution in [0.3, 0.4) is 0 Å². The Labute approximate surface area is 179 Å². The van der Waals surface area contributed by atoms with Crippen molar-refractivity contribution < 1.29 is 29.3 Å². The maximum absolute atomic E-state index is 12.7. The van der Waals surface area contributed by atoms with Gasteiger partial charge in [0, 0.05) is 17.4 Å². The number of aliphatic hydroxyl groups excluding tert-OH is 1. The standard InChI is InChI=1S/C24H34O6/c1-6-7-8-9-10-12-19(26)30-18-15-17(16-25)24(28,21(27)29-5)23(4)14-11-13-22(2,3)20(18)23/h6-10,12,15,18,20,25,28H,11,13-14,16H2,1-5H3/b7-6+,9-8+,12-10+/t18-,20+,23+,24-/m1/s1. The van der Waals surface area contributed by atoms with E-state index >= 15 is 0 Å². The highest BCUT2D eigenvalue weighted by Gasteiger charge is 2.67. The molecule has 6 heteroatoms. The van der Waals surface area contributed by atoms with Gasteiger partial charge in [-0.15, -0.1) is 0 Å². The number of hydrogen-bond acceptors (Lipinski definition) is 6. The Morgan fingerprint density at radius 3 is 2.43 bits per heavy atom. The van der Waals surface area contributed by atoms with Crippen LogP contribution < -0.4 is 0 Å². The smallest absolute Gasteiger partial charge is 0.342 e. The van der Waals surface area contributed by atoms with E-state index in [1.165, 1.54) is 19.3 Å². The molecule has 2 N–H and O–H groups in total. The molecule has 1 saturated carbocycles. The monoisotopic (exact) mass is 418 g/mol. The molecule has 0 heterocycles. The van der Waals surface area contributed by atoms with E-state index in [2.05, 4.69) is 13.8 Å². The molecular weight excluding hydrogens is 384 g/mol. The van der Waals surface area contributed by atoms with Gasteiger partial charge in [0.1, 0.15) is 6.10 Å². The lowest BCUT2D eigenvalue weighted by Crippen LogP contribution is -2.67. The van der Waals surface area contributed by atoms with Gasteiger partial charge in [0.2, 0.25) is 0 Å². The van der Waals surface area contributed by atoms with Crippen LogP contribution in [-0.2, 0) is 19.1 Å². The number of hydrogen-bond donors (Lipinski definition) is 2. The van der Waals surface area contributed by atoms with Crippen LogP contribution in [0.4, 0.5) is 0 Å². The summed E-state index contributed by atoms with van der Waals surface area (Å²) in [5.74, 6) is -1.66. The molecular formula is C24H34O6. The van der Waals surface area contributed by atoms with Gasteiger partial charge < -0.3 is 19.7 Å². The molecule has 0 bridgehead atoms. The van der Waals surface area contributed by atoms with E-state index in [-0.39, 0.29) is 16.9 Å². The molecule has 2 rings (SSSR count). The molecule has 0 spiro atoms. The number of rotatable bonds is 6. The van der Waals surface area contributed by atoms with Gasteiger partial charge in [-0.05, 0) is 36.8 Å². The van der Waals surface area contributed by atoms with Gasteiger partial charge in [0.25, 0.3) is 0 Å². The van der Waals surface area contributed by atoms with Crippen LogP contribution >= 0.6 is 0 Å². The second-order valence-electron chi connectivity index (χ2n) is 8.96. The number of fused-ring (bicyclic) bond motifs is 1. The summed E-state index contributed by atoms with van der Waals surface area (Å²) in [6.45, 7) is 7.30. The van der Waals surface area contributed by atoms with E-state index in [0.717, 1.165) is 12.8 Å². The molecule has 0 amide bonds. The molecule has 2 aliphatic rings. The minimum Gasteiger partial charge on any atom is -0.467 e. The molecule has 0 radical (unpaired) electrons. The lowest BCUT2D eigenvalue weighted by molar-refractivity contribution is -0.206. The van der Waals surface area contributed by atoms with Gasteiger partial charge in [0.05, 0.1) is 13.7 Å². The minimum atomic E-state index is -1.98. The average molecular weight is 419 g/mol. The predicted molar refractivity (Wildman–Crippen MR) is 114 cm³/mol. The van der Waals surface area contributed by atoms with E-state index in [1.54, 1.807) is 18.2 Å². The number of esters is 2. The summed E-state index contributed by atoms with van der Waals surface area (Å²) in [7, 11) is 1.22. The van der Waals surface area contributed by atoms with Gasteiger partial charge in [-0.1, -0.05) is 57.6 Å². The zero-order valence-corrected chi connectivity index (χ0v) is 18.6. The van der Waals surface area contributed by atoms with E-state index in [1.807, 2.05) is 26.0 Å². The quantitative estimate of drug-likeness (QED) is 0.298. The van der Waals surface area contributed by atoms with Crippen molar-refractivity contribution >= 4 is 11.9 Å². The Morgan fingerprint density at radius 1 is 1.17 bits per heavy atom. The minimum absolute atomic E-state index is 0.112. The summed E-state index contributed by atoms with van der Waals surface area (Å²) in [6.07, 6.45) is 13.2. The Kier molecular flexibility index (Phi) is 7.48. The highest BCUT2D eigenvalue weighted by Crippen LogP contribution is 2.61. The first kappa shape index (κ1) is 24.1. The molecule has 0 unspecified atom stereocenters. The van der Waals surface area contributed by atoms with Crippen molar-refractivity contribution in [3.8, 4) is 0 Å². The molecule has 0 aromatic carbocycles. The fourth-order valence-electron chi connectivity index (χ4n) is 5.41. The summed E-state index contributed by atoms with van der Waals surface area (Å²) < 4.78 is 10.7. The number of aliphatic hydroxyl groups is 2. The van der Waals surface area contributed by atoms with E-state index in [4.69, 9.17) is 9.47 Å². The third-order valence-electron chi connectivity index (χ3n) is 6.69. The third-order valence-corrected chi connectivity index (χ3v) is 6.69. The highest BCUT2D eigenvalue weighted by molar-refractivity contribution is 5.86. The number of carbonyl (C=O) groups is 2. The fourth-order valence-corrected chi connectivity index (χ4v) is 5.41. The van der Waals surface area contributed by atoms with Gasteiger partial charge in [0.15, 0.2) is 5.60 Å². The Bertz CT molecular complexity index is 775. The van der Waals surface area contributed by atoms with Crippen LogP contribution in [0.25, 0.3) is 0 Å². The fraction of sp³-hybridized carbons (Fsp3) is 0.583. The zero-order valence-electron chi connectivity index (χ0n) is 18.6. The number of methoxy groups -OCH3 is 1. The SMILES string of the molecule is C/C=C/C=C/C=C/C(=O)O[C@@H]1C=C(CO)[C@@](O)(C(=O)OC)[C@@]2(C)CCCC(C)(C)[C@H]12. The van der Waals surface area contributed by atoms with Crippen molar-refractivity contribution in [2.75, 3.05) is 13.7 Å². The van der Waals surface area contributed by atoms with Crippen LogP contribution in [0, 0.1) is 16.7 Å². The van der Waals surface area contributed by atoms with Crippen molar-refractivity contribution in [1.82, 2.24) is 0 Å². The first-order valence-electron chi connectivity index (χ1n) is 10.4. The van der Waals surface area contributed by atoms with E-state index in [9.17, 15) is 19.8 Å². The van der Waals surface area contributed by atoms with Gasteiger partial charge in [-0.2, -0.15) is 0 Å². The largest absolute Gasteiger partial charge is 0.467 e. The van der Waals surface area contributed by atoms with Crippen LogP contribution in [-0.4, -0.2) is 47.6 Å². The molecule has 0 aromatic heterocycles. The molecule has 30 heavy (non-hydrogen) atoms. The lowest BCUT2D eigenvalue weighted by Gasteiger charge is -2.60. The Balaban J connectivity index is 2.48. The first-order chi connectivity index (χ1) is 14.1. The van der Waals surface area contributed by atoms with E-state index in [0.29, 0.717) is 6.42 Å². The third kappa shape index (κ3) is 4.16. The average Bonchev–Trinajstić information content (AvgIpc) is 2.68. The van der Waals surface area contributed by atoms with Crippen molar-refractivity contribution in [3.05, 3.63) is 48.1 Å². The summed E-state index contributed by atoms with van der Waals surface area (Å²) >= 11 is 0. The van der Waals surface area contributed by atoms with Crippen molar-refractivity contribution in [2.45, 2.75) is 58.7 Å². The van der Waals surface area contributed by atoms with Crippen molar-refractivity contribution in [1.29, 1.82) is 0 Å². The van der Waals surface area contributed by atoms with Crippen LogP contribution in [0.5, 0.6) is 0 Å². The Morgan fingerprint density at radius 2 is 1.83 bits per heavy atom. The van der Waals surface area contributed by atoms with Gasteiger partial charge >= 0.3 is 11.9 Å². The normalized spacial score (nSPS) is 33.5. The number of carbonyl (C=O) groups excluding carboxylic acids is 2.